The highest BCUT2D eigenvalue weighted by Crippen LogP contribution is 2.27. The number of fused-ring (bicyclic) bond motifs is 2. The molecule has 1 amide bonds. The predicted octanol–water partition coefficient (Wildman–Crippen LogP) is 3.90. The number of aromatic nitrogens is 2. The van der Waals surface area contributed by atoms with Gasteiger partial charge in [0.25, 0.3) is 5.91 Å². The molecule has 24 heavy (non-hydrogen) atoms. The zero-order valence-corrected chi connectivity index (χ0v) is 14.9. The first kappa shape index (κ1) is 15.3. The molecule has 1 aliphatic heterocycles. The summed E-state index contributed by atoms with van der Waals surface area (Å²) in [5.41, 5.74) is 4.77. The van der Waals surface area contributed by atoms with Crippen molar-refractivity contribution in [3.63, 3.8) is 0 Å². The first-order valence-corrected chi connectivity index (χ1v) is 8.70. The minimum atomic E-state index is 0.0430. The van der Waals surface area contributed by atoms with Gasteiger partial charge in [-0.15, -0.1) is 0 Å². The molecule has 120 valence electrons. The van der Waals surface area contributed by atoms with E-state index in [1.165, 1.54) is 5.56 Å². The van der Waals surface area contributed by atoms with E-state index in [2.05, 4.69) is 46.0 Å². The lowest BCUT2D eigenvalue weighted by atomic mass is 10.1. The van der Waals surface area contributed by atoms with Crippen LogP contribution in [0.3, 0.4) is 0 Å². The van der Waals surface area contributed by atoms with Gasteiger partial charge in [0.05, 0.1) is 23.3 Å². The van der Waals surface area contributed by atoms with Crippen molar-refractivity contribution >= 4 is 32.7 Å². The van der Waals surface area contributed by atoms with E-state index in [-0.39, 0.29) is 5.91 Å². The van der Waals surface area contributed by atoms with Crippen LogP contribution in [-0.4, -0.2) is 27.3 Å². The number of rotatable bonds is 3. The fourth-order valence-electron chi connectivity index (χ4n) is 3.09. The molecule has 0 bridgehead atoms. The second kappa shape index (κ2) is 5.98. The molecule has 0 saturated heterocycles. The average molecular weight is 382 g/mol. The summed E-state index contributed by atoms with van der Waals surface area (Å²) in [6, 6.07) is 12.2. The maximum absolute atomic E-state index is 12.5. The predicted molar refractivity (Wildman–Crippen MR) is 96.9 cm³/mol. The molecular weight excluding hydrogens is 366 g/mol. The van der Waals surface area contributed by atoms with Crippen LogP contribution in [-0.2, 0) is 13.0 Å². The van der Waals surface area contributed by atoms with Crippen LogP contribution < -0.4 is 0 Å². The van der Waals surface area contributed by atoms with Crippen molar-refractivity contribution in [2.45, 2.75) is 19.9 Å². The van der Waals surface area contributed by atoms with Crippen LogP contribution in [0.4, 0.5) is 0 Å². The number of nitrogens with zero attached hydrogens (tertiary/aromatic N) is 3. The number of halogens is 1. The molecule has 0 atom stereocenters. The van der Waals surface area contributed by atoms with Gasteiger partial charge in [0, 0.05) is 34.7 Å². The van der Waals surface area contributed by atoms with Crippen molar-refractivity contribution in [3.05, 3.63) is 69.6 Å². The quantitative estimate of drug-likeness (QED) is 0.690. The van der Waals surface area contributed by atoms with Crippen molar-refractivity contribution in [1.29, 1.82) is 0 Å². The number of amides is 1. The maximum atomic E-state index is 12.5. The van der Waals surface area contributed by atoms with Crippen molar-refractivity contribution < 1.29 is 4.79 Å². The third kappa shape index (κ3) is 2.69. The monoisotopic (exact) mass is 381 g/mol. The number of benzene rings is 1. The number of hydrogen-bond acceptors (Lipinski definition) is 3. The van der Waals surface area contributed by atoms with E-state index in [1.807, 2.05) is 23.1 Å². The molecule has 0 N–H and O–H groups in total. The number of carbonyl (C=O) groups is 1. The van der Waals surface area contributed by atoms with E-state index >= 15 is 0 Å². The summed E-state index contributed by atoms with van der Waals surface area (Å²) in [5, 5.41) is 1.15. The van der Waals surface area contributed by atoms with Crippen molar-refractivity contribution in [3.8, 4) is 0 Å². The van der Waals surface area contributed by atoms with Crippen molar-refractivity contribution in [2.24, 2.45) is 0 Å². The van der Waals surface area contributed by atoms with Crippen LogP contribution in [0.2, 0.25) is 0 Å². The molecule has 0 spiro atoms. The highest BCUT2D eigenvalue weighted by molar-refractivity contribution is 9.10. The van der Waals surface area contributed by atoms with E-state index in [1.54, 1.807) is 6.20 Å². The largest absolute Gasteiger partial charge is 0.332 e. The summed E-state index contributed by atoms with van der Waals surface area (Å²) < 4.78 is 0.819. The summed E-state index contributed by atoms with van der Waals surface area (Å²) in [7, 11) is 0. The Morgan fingerprint density at radius 3 is 2.92 bits per heavy atom. The van der Waals surface area contributed by atoms with E-state index in [0.717, 1.165) is 33.2 Å². The van der Waals surface area contributed by atoms with Gasteiger partial charge in [-0.1, -0.05) is 17.7 Å². The Morgan fingerprint density at radius 2 is 2.08 bits per heavy atom. The standard InChI is InChI=1S/C19H16BrN3O/c1-12-2-5-16-13(10-12)3-4-14(22-16)7-9-23-11-17-18(19(23)24)15(20)6-8-21-17/h2-6,8,10H,7,9,11H2,1H3. The first-order chi connectivity index (χ1) is 11.6. The Balaban J connectivity index is 1.51. The second-order valence-corrected chi connectivity index (χ2v) is 6.94. The lowest BCUT2D eigenvalue weighted by Crippen LogP contribution is -2.26. The molecule has 2 aromatic heterocycles. The van der Waals surface area contributed by atoms with Crippen LogP contribution in [0.15, 0.2) is 47.1 Å². The van der Waals surface area contributed by atoms with Gasteiger partial charge in [-0.05, 0) is 47.1 Å². The zero-order valence-electron chi connectivity index (χ0n) is 13.3. The molecule has 3 heterocycles. The lowest BCUT2D eigenvalue weighted by Gasteiger charge is -2.15. The minimum absolute atomic E-state index is 0.0430. The topological polar surface area (TPSA) is 46.1 Å². The van der Waals surface area contributed by atoms with Gasteiger partial charge in [-0.3, -0.25) is 14.8 Å². The molecule has 0 fully saturated rings. The lowest BCUT2D eigenvalue weighted by molar-refractivity contribution is 0.0779. The van der Waals surface area contributed by atoms with Crippen molar-refractivity contribution in [1.82, 2.24) is 14.9 Å². The molecule has 1 aromatic carbocycles. The summed E-state index contributed by atoms with van der Waals surface area (Å²) in [6.07, 6.45) is 2.47. The van der Waals surface area contributed by atoms with Crippen LogP contribution in [0, 0.1) is 6.92 Å². The Bertz CT molecular complexity index is 954. The summed E-state index contributed by atoms with van der Waals surface area (Å²) >= 11 is 3.44. The SMILES string of the molecule is Cc1ccc2nc(CCN3Cc4nccc(Br)c4C3=O)ccc2c1. The molecule has 3 aromatic rings. The van der Waals surface area contributed by atoms with E-state index in [4.69, 9.17) is 4.98 Å². The third-order valence-electron chi connectivity index (χ3n) is 4.36. The fourth-order valence-corrected chi connectivity index (χ4v) is 3.61. The smallest absolute Gasteiger partial charge is 0.257 e. The van der Waals surface area contributed by atoms with Gasteiger partial charge in [0.15, 0.2) is 0 Å². The average Bonchev–Trinajstić information content (AvgIpc) is 2.90. The Labute approximate surface area is 148 Å². The van der Waals surface area contributed by atoms with Gasteiger partial charge < -0.3 is 4.90 Å². The van der Waals surface area contributed by atoms with E-state index < -0.39 is 0 Å². The Kier molecular flexibility index (Phi) is 3.81. The first-order valence-electron chi connectivity index (χ1n) is 7.91. The maximum Gasteiger partial charge on any atom is 0.257 e. The second-order valence-electron chi connectivity index (χ2n) is 6.09. The summed E-state index contributed by atoms with van der Waals surface area (Å²) in [4.78, 5) is 23.4. The minimum Gasteiger partial charge on any atom is -0.332 e. The molecule has 5 heteroatoms. The van der Waals surface area contributed by atoms with Gasteiger partial charge in [0.1, 0.15) is 0 Å². The van der Waals surface area contributed by atoms with E-state index in [9.17, 15) is 4.79 Å². The van der Waals surface area contributed by atoms with Crippen molar-refractivity contribution in [2.75, 3.05) is 6.54 Å². The molecular formula is C19H16BrN3O. The normalized spacial score (nSPS) is 13.6. The molecule has 0 radical (unpaired) electrons. The van der Waals surface area contributed by atoms with Gasteiger partial charge in [0.2, 0.25) is 0 Å². The van der Waals surface area contributed by atoms with Gasteiger partial charge in [-0.25, -0.2) is 0 Å². The zero-order chi connectivity index (χ0) is 16.7. The Hall–Kier alpha value is -2.27. The highest BCUT2D eigenvalue weighted by Gasteiger charge is 2.30. The molecule has 4 nitrogen and oxygen atoms in total. The highest BCUT2D eigenvalue weighted by atomic mass is 79.9. The van der Waals surface area contributed by atoms with Gasteiger partial charge in [-0.2, -0.15) is 0 Å². The number of carbonyl (C=O) groups excluding carboxylic acids is 1. The number of aryl methyl sites for hydroxylation is 1. The Morgan fingerprint density at radius 1 is 1.21 bits per heavy atom. The third-order valence-corrected chi connectivity index (χ3v) is 5.02. The van der Waals surface area contributed by atoms with Crippen LogP contribution in [0.1, 0.15) is 27.3 Å². The molecule has 0 aliphatic carbocycles. The summed E-state index contributed by atoms with van der Waals surface area (Å²) in [6.45, 7) is 3.29. The molecule has 4 rings (SSSR count). The van der Waals surface area contributed by atoms with Crippen LogP contribution in [0.25, 0.3) is 10.9 Å². The number of hydrogen-bond donors (Lipinski definition) is 0. The van der Waals surface area contributed by atoms with E-state index in [0.29, 0.717) is 18.7 Å². The molecule has 0 saturated carbocycles. The molecule has 1 aliphatic rings. The van der Waals surface area contributed by atoms with Crippen LogP contribution >= 0.6 is 15.9 Å². The summed E-state index contributed by atoms with van der Waals surface area (Å²) in [5.74, 6) is 0.0430. The van der Waals surface area contributed by atoms with Crippen LogP contribution in [0.5, 0.6) is 0 Å². The molecule has 0 unspecified atom stereocenters. The number of pyridine rings is 2. The van der Waals surface area contributed by atoms with Gasteiger partial charge >= 0.3 is 0 Å². The fraction of sp³-hybridized carbons (Fsp3) is 0.211.